The number of benzene rings is 1. The van der Waals surface area contributed by atoms with Crippen LogP contribution in [-0.2, 0) is 15.6 Å². The predicted molar refractivity (Wildman–Crippen MR) is 107 cm³/mol. The van der Waals surface area contributed by atoms with E-state index < -0.39 is 0 Å². The zero-order valence-corrected chi connectivity index (χ0v) is 17.2. The van der Waals surface area contributed by atoms with Crippen molar-refractivity contribution in [2.75, 3.05) is 14.1 Å². The van der Waals surface area contributed by atoms with Gasteiger partial charge in [-0.3, -0.25) is 4.79 Å². The molecule has 0 unspecified atom stereocenters. The molecule has 0 saturated carbocycles. The van der Waals surface area contributed by atoms with Crippen LogP contribution in [0.2, 0.25) is 0 Å². The lowest BCUT2D eigenvalue weighted by molar-refractivity contribution is -0.113. The average molecular weight is 361 g/mol. The molecule has 1 heterocycles. The molecule has 136 valence electrons. The molecule has 1 amide bonds. The summed E-state index contributed by atoms with van der Waals surface area (Å²) in [6, 6.07) is 3.94. The number of amidine groups is 1. The van der Waals surface area contributed by atoms with Gasteiger partial charge in [-0.05, 0) is 46.4 Å². The summed E-state index contributed by atoms with van der Waals surface area (Å²) < 4.78 is 0. The first-order chi connectivity index (χ1) is 11.3. The van der Waals surface area contributed by atoms with Gasteiger partial charge in [-0.1, -0.05) is 41.5 Å². The van der Waals surface area contributed by atoms with Gasteiger partial charge < -0.3 is 10.0 Å². The van der Waals surface area contributed by atoms with E-state index in [1.807, 2.05) is 37.2 Å². The van der Waals surface area contributed by atoms with Crippen molar-refractivity contribution < 1.29 is 9.90 Å². The van der Waals surface area contributed by atoms with Crippen molar-refractivity contribution in [1.82, 2.24) is 4.90 Å². The van der Waals surface area contributed by atoms with Crippen molar-refractivity contribution in [2.24, 2.45) is 4.99 Å². The smallest absolute Gasteiger partial charge is 0.286 e. The van der Waals surface area contributed by atoms with Crippen molar-refractivity contribution in [3.8, 4) is 5.75 Å². The standard InChI is InChI=1S/C20H28N2O2S/c1-19(2,3)13-9-12(10-14(16(13)23)20(4,5)6)11-15-17(24)21-18(25-15)22(7)8/h9-11,23H,1-8H3/b15-11-. The highest BCUT2D eigenvalue weighted by Gasteiger charge is 2.27. The van der Waals surface area contributed by atoms with Crippen LogP contribution in [0.25, 0.3) is 6.08 Å². The topological polar surface area (TPSA) is 52.9 Å². The van der Waals surface area contributed by atoms with E-state index in [0.29, 0.717) is 15.8 Å². The van der Waals surface area contributed by atoms with Gasteiger partial charge in [0.15, 0.2) is 5.17 Å². The van der Waals surface area contributed by atoms with Crippen LogP contribution < -0.4 is 0 Å². The first-order valence-corrected chi connectivity index (χ1v) is 9.20. The first-order valence-electron chi connectivity index (χ1n) is 8.38. The number of nitrogens with zero attached hydrogens (tertiary/aromatic N) is 2. The van der Waals surface area contributed by atoms with E-state index in [-0.39, 0.29) is 16.7 Å². The first kappa shape index (κ1) is 19.6. The molecular formula is C20H28N2O2S. The second kappa shape index (κ2) is 6.52. The Morgan fingerprint density at radius 3 is 1.88 bits per heavy atom. The van der Waals surface area contributed by atoms with E-state index in [1.165, 1.54) is 11.8 Å². The normalized spacial score (nSPS) is 17.2. The number of aliphatic imine (C=N–C) groups is 1. The average Bonchev–Trinajstić information content (AvgIpc) is 2.79. The minimum Gasteiger partial charge on any atom is -0.507 e. The molecule has 5 heteroatoms. The third-order valence-corrected chi connectivity index (χ3v) is 5.19. The molecule has 25 heavy (non-hydrogen) atoms. The molecular weight excluding hydrogens is 332 g/mol. The number of hydrogen-bond donors (Lipinski definition) is 1. The van der Waals surface area contributed by atoms with E-state index >= 15 is 0 Å². The van der Waals surface area contributed by atoms with Gasteiger partial charge in [0.25, 0.3) is 5.91 Å². The maximum atomic E-state index is 12.2. The Labute approximate surface area is 155 Å². The molecule has 0 saturated heterocycles. The Morgan fingerprint density at radius 1 is 1.04 bits per heavy atom. The SMILES string of the molecule is CN(C)C1=NC(=O)/C(=C/c2cc(C(C)(C)C)c(O)c(C(C)(C)C)c2)S1. The highest BCUT2D eigenvalue weighted by Crippen LogP contribution is 2.40. The summed E-state index contributed by atoms with van der Waals surface area (Å²) in [5, 5.41) is 11.5. The third-order valence-electron chi connectivity index (χ3n) is 4.04. The number of phenolic OH excluding ortho intramolecular Hbond substituents is 1. The van der Waals surface area contributed by atoms with Gasteiger partial charge in [0.05, 0.1) is 4.91 Å². The number of hydrogen-bond acceptors (Lipinski definition) is 4. The van der Waals surface area contributed by atoms with Crippen LogP contribution in [0.5, 0.6) is 5.75 Å². The Bertz CT molecular complexity index is 728. The predicted octanol–water partition coefficient (Wildman–Crippen LogP) is 4.52. The number of phenols is 1. The van der Waals surface area contributed by atoms with Gasteiger partial charge in [-0.25, -0.2) is 0 Å². The number of rotatable bonds is 1. The molecule has 1 aromatic rings. The second-order valence-electron chi connectivity index (χ2n) is 8.67. The number of thioether (sulfide) groups is 1. The third kappa shape index (κ3) is 4.27. The minimum atomic E-state index is -0.212. The largest absolute Gasteiger partial charge is 0.507 e. The van der Waals surface area contributed by atoms with Crippen LogP contribution in [0, 0.1) is 0 Å². The van der Waals surface area contributed by atoms with Gasteiger partial charge in [0, 0.05) is 25.2 Å². The van der Waals surface area contributed by atoms with Crippen LogP contribution in [-0.4, -0.2) is 35.2 Å². The van der Waals surface area contributed by atoms with Crippen molar-refractivity contribution in [3.63, 3.8) is 0 Å². The lowest BCUT2D eigenvalue weighted by Gasteiger charge is -2.28. The van der Waals surface area contributed by atoms with Crippen LogP contribution in [0.1, 0.15) is 58.2 Å². The molecule has 0 fully saturated rings. The van der Waals surface area contributed by atoms with Crippen LogP contribution in [0.15, 0.2) is 22.0 Å². The van der Waals surface area contributed by atoms with Crippen molar-refractivity contribution in [1.29, 1.82) is 0 Å². The van der Waals surface area contributed by atoms with Crippen LogP contribution in [0.3, 0.4) is 0 Å². The fourth-order valence-corrected chi connectivity index (χ4v) is 3.46. The fourth-order valence-electron chi connectivity index (χ4n) is 2.62. The van der Waals surface area contributed by atoms with E-state index in [9.17, 15) is 9.90 Å². The van der Waals surface area contributed by atoms with Gasteiger partial charge in [-0.2, -0.15) is 4.99 Å². The van der Waals surface area contributed by atoms with E-state index in [1.54, 1.807) is 0 Å². The molecule has 4 nitrogen and oxygen atoms in total. The maximum absolute atomic E-state index is 12.2. The lowest BCUT2D eigenvalue weighted by Crippen LogP contribution is -2.17. The quantitative estimate of drug-likeness (QED) is 0.748. The molecule has 0 radical (unpaired) electrons. The monoisotopic (exact) mass is 360 g/mol. The summed E-state index contributed by atoms with van der Waals surface area (Å²) in [4.78, 5) is 18.7. The van der Waals surface area contributed by atoms with E-state index in [2.05, 4.69) is 46.5 Å². The Kier molecular flexibility index (Phi) is 5.11. The van der Waals surface area contributed by atoms with Gasteiger partial charge in [-0.15, -0.1) is 0 Å². The maximum Gasteiger partial charge on any atom is 0.286 e. The van der Waals surface area contributed by atoms with Crippen molar-refractivity contribution >= 4 is 28.9 Å². The molecule has 1 N–H and O–H groups in total. The molecule has 0 aromatic heterocycles. The van der Waals surface area contributed by atoms with Crippen molar-refractivity contribution in [3.05, 3.63) is 33.7 Å². The summed E-state index contributed by atoms with van der Waals surface area (Å²) in [6.45, 7) is 12.5. The summed E-state index contributed by atoms with van der Waals surface area (Å²) >= 11 is 1.38. The number of carbonyl (C=O) groups is 1. The van der Waals surface area contributed by atoms with Gasteiger partial charge in [0.2, 0.25) is 0 Å². The molecule has 0 spiro atoms. The van der Waals surface area contributed by atoms with E-state index in [0.717, 1.165) is 16.7 Å². The Morgan fingerprint density at radius 2 is 1.52 bits per heavy atom. The van der Waals surface area contributed by atoms with Crippen LogP contribution in [0.4, 0.5) is 0 Å². The lowest BCUT2D eigenvalue weighted by atomic mass is 9.78. The highest BCUT2D eigenvalue weighted by atomic mass is 32.2. The zero-order chi connectivity index (χ0) is 19.2. The minimum absolute atomic E-state index is 0.198. The summed E-state index contributed by atoms with van der Waals surface area (Å²) in [5.41, 5.74) is 2.29. The molecule has 1 aliphatic rings. The fraction of sp³-hybridized carbons (Fsp3) is 0.500. The summed E-state index contributed by atoms with van der Waals surface area (Å²) in [7, 11) is 3.75. The number of amides is 1. The summed E-state index contributed by atoms with van der Waals surface area (Å²) in [6.07, 6.45) is 1.87. The number of carbonyl (C=O) groups excluding carboxylic acids is 1. The molecule has 0 bridgehead atoms. The molecule has 1 aromatic carbocycles. The number of aromatic hydroxyl groups is 1. The van der Waals surface area contributed by atoms with Crippen LogP contribution >= 0.6 is 11.8 Å². The van der Waals surface area contributed by atoms with Crippen molar-refractivity contribution in [2.45, 2.75) is 52.4 Å². The summed E-state index contributed by atoms with van der Waals surface area (Å²) in [5.74, 6) is 0.133. The molecule has 2 rings (SSSR count). The van der Waals surface area contributed by atoms with E-state index in [4.69, 9.17) is 0 Å². The van der Waals surface area contributed by atoms with Gasteiger partial charge >= 0.3 is 0 Å². The Hall–Kier alpha value is -1.75. The molecule has 0 atom stereocenters. The molecule has 1 aliphatic heterocycles. The second-order valence-corrected chi connectivity index (χ2v) is 9.68. The Balaban J connectivity index is 2.57. The van der Waals surface area contributed by atoms with Gasteiger partial charge in [0.1, 0.15) is 5.75 Å². The zero-order valence-electron chi connectivity index (χ0n) is 16.4. The molecule has 0 aliphatic carbocycles. The highest BCUT2D eigenvalue weighted by molar-refractivity contribution is 8.18.